The molecule has 0 aliphatic rings. The highest BCUT2D eigenvalue weighted by Crippen LogP contribution is 2.49. The molecule has 0 aliphatic heterocycles. The van der Waals surface area contributed by atoms with Crippen molar-refractivity contribution in [2.75, 3.05) is 18.5 Å². The quantitative estimate of drug-likeness (QED) is 0.525. The van der Waals surface area contributed by atoms with Crippen LogP contribution in [0.4, 0.5) is 0 Å². The molecule has 0 heterocycles. The van der Waals surface area contributed by atoms with Gasteiger partial charge in [-0.1, -0.05) is 0 Å². The Balaban J connectivity index is 4.41. The van der Waals surface area contributed by atoms with Gasteiger partial charge in [-0.2, -0.15) is 0 Å². The molecule has 0 saturated heterocycles. The number of rotatable bonds is 6. The van der Waals surface area contributed by atoms with Gasteiger partial charge < -0.3 is 4.57 Å². The Morgan fingerprint density at radius 1 is 0.857 bits per heavy atom. The van der Waals surface area contributed by atoms with Crippen LogP contribution in [-0.4, -0.2) is 34.6 Å². The van der Waals surface area contributed by atoms with Gasteiger partial charge >= 0.3 is 0 Å². The van der Waals surface area contributed by atoms with Crippen molar-refractivity contribution in [1.82, 2.24) is 0 Å². The van der Waals surface area contributed by atoms with Crippen molar-refractivity contribution in [2.45, 2.75) is 36.9 Å². The average Bonchev–Trinajstić information content (AvgIpc) is 1.76. The molecular formula is C9H18Cl3OP. The van der Waals surface area contributed by atoms with Crippen LogP contribution in [0.2, 0.25) is 0 Å². The van der Waals surface area contributed by atoms with E-state index in [9.17, 15) is 4.57 Å². The lowest BCUT2D eigenvalue weighted by Crippen LogP contribution is -2.15. The second-order valence-electron chi connectivity index (χ2n) is 3.95. The predicted molar refractivity (Wildman–Crippen MR) is 68.2 cm³/mol. The van der Waals surface area contributed by atoms with Crippen molar-refractivity contribution < 1.29 is 4.57 Å². The van der Waals surface area contributed by atoms with Gasteiger partial charge in [0.1, 0.15) is 0 Å². The molecule has 0 rings (SSSR count). The molecule has 0 fully saturated rings. The fraction of sp³-hybridized carbons (Fsp3) is 1.00. The molecule has 0 N–H and O–H groups in total. The summed E-state index contributed by atoms with van der Waals surface area (Å²) < 4.78 is 12.4. The molecule has 5 heteroatoms. The van der Waals surface area contributed by atoms with E-state index in [1.165, 1.54) is 0 Å². The molecule has 0 aromatic carbocycles. The molecule has 0 amide bonds. The summed E-state index contributed by atoms with van der Waals surface area (Å²) in [4.78, 5) is 0. The Labute approximate surface area is 102 Å². The van der Waals surface area contributed by atoms with Crippen LogP contribution >= 0.6 is 41.9 Å². The Morgan fingerprint density at radius 3 is 1.21 bits per heavy atom. The summed E-state index contributed by atoms with van der Waals surface area (Å²) in [7, 11) is -2.28. The minimum absolute atomic E-state index is 0.0772. The summed E-state index contributed by atoms with van der Waals surface area (Å²) in [6, 6.07) is 0. The van der Waals surface area contributed by atoms with Gasteiger partial charge in [0.15, 0.2) is 0 Å². The van der Waals surface area contributed by atoms with Crippen LogP contribution < -0.4 is 0 Å². The highest BCUT2D eigenvalue weighted by Gasteiger charge is 2.27. The molecule has 0 spiro atoms. The van der Waals surface area contributed by atoms with Gasteiger partial charge in [0.2, 0.25) is 0 Å². The lowest BCUT2D eigenvalue weighted by atomic mass is 10.5. The lowest BCUT2D eigenvalue weighted by molar-refractivity contribution is 0.572. The molecule has 0 aromatic heterocycles. The van der Waals surface area contributed by atoms with Gasteiger partial charge in [-0.05, 0) is 20.8 Å². The average molecular weight is 280 g/mol. The highest BCUT2D eigenvalue weighted by molar-refractivity contribution is 7.64. The molecule has 0 radical (unpaired) electrons. The second-order valence-corrected chi connectivity index (χ2v) is 9.39. The lowest BCUT2D eigenvalue weighted by Gasteiger charge is -2.21. The van der Waals surface area contributed by atoms with Crippen molar-refractivity contribution in [2.24, 2.45) is 0 Å². The molecule has 0 aromatic rings. The Morgan fingerprint density at radius 2 is 1.07 bits per heavy atom. The molecule has 0 saturated carbocycles. The zero-order valence-corrected chi connectivity index (χ0v) is 12.0. The number of alkyl halides is 3. The first kappa shape index (κ1) is 15.1. The fourth-order valence-corrected chi connectivity index (χ4v) is 7.06. The summed E-state index contributed by atoms with van der Waals surface area (Å²) in [5, 5.41) is -0.231. The van der Waals surface area contributed by atoms with E-state index < -0.39 is 7.14 Å². The third kappa shape index (κ3) is 7.40. The summed E-state index contributed by atoms with van der Waals surface area (Å²) in [6.45, 7) is 5.56. The molecule has 0 bridgehead atoms. The molecule has 14 heavy (non-hydrogen) atoms. The van der Waals surface area contributed by atoms with Gasteiger partial charge in [-0.3, -0.25) is 0 Å². The molecular weight excluding hydrogens is 261 g/mol. The highest BCUT2D eigenvalue weighted by atomic mass is 35.5. The fourth-order valence-electron chi connectivity index (χ4n) is 1.60. The van der Waals surface area contributed by atoms with E-state index >= 15 is 0 Å². The number of hydrogen-bond acceptors (Lipinski definition) is 1. The second kappa shape index (κ2) is 6.63. The number of hydrogen-bond donors (Lipinski definition) is 0. The van der Waals surface area contributed by atoms with Crippen LogP contribution in [0, 0.1) is 0 Å². The van der Waals surface area contributed by atoms with Crippen LogP contribution in [0.25, 0.3) is 0 Å². The standard InChI is InChI=1S/C9H18Cl3OP/c1-7(10)4-14(13,5-8(2)11)6-9(3)12/h7-9H,4-6H2,1-3H3. The van der Waals surface area contributed by atoms with E-state index in [2.05, 4.69) is 0 Å². The summed E-state index contributed by atoms with van der Waals surface area (Å²) in [5.74, 6) is 0. The monoisotopic (exact) mass is 278 g/mol. The molecule has 3 atom stereocenters. The van der Waals surface area contributed by atoms with Crippen LogP contribution in [0.15, 0.2) is 0 Å². The van der Waals surface area contributed by atoms with Gasteiger partial charge in [0.05, 0.1) is 7.14 Å². The van der Waals surface area contributed by atoms with Gasteiger partial charge in [-0.15, -0.1) is 34.8 Å². The van der Waals surface area contributed by atoms with Crippen LogP contribution in [0.5, 0.6) is 0 Å². The molecule has 1 nitrogen and oxygen atoms in total. The Hall–Kier alpha value is 1.10. The van der Waals surface area contributed by atoms with Crippen LogP contribution in [0.1, 0.15) is 20.8 Å². The van der Waals surface area contributed by atoms with E-state index in [-0.39, 0.29) is 16.1 Å². The molecule has 0 aliphatic carbocycles. The maximum atomic E-state index is 12.4. The first-order valence-corrected chi connectivity index (χ1v) is 8.31. The van der Waals surface area contributed by atoms with Crippen LogP contribution in [0.3, 0.4) is 0 Å². The number of halogens is 3. The Bertz CT molecular complexity index is 171. The maximum absolute atomic E-state index is 12.4. The van der Waals surface area contributed by atoms with E-state index in [0.29, 0.717) is 18.5 Å². The third-order valence-corrected chi connectivity index (χ3v) is 6.50. The van der Waals surface area contributed by atoms with E-state index in [1.807, 2.05) is 20.8 Å². The Kier molecular flexibility index (Phi) is 7.15. The van der Waals surface area contributed by atoms with Crippen molar-refractivity contribution in [3.05, 3.63) is 0 Å². The van der Waals surface area contributed by atoms with Crippen molar-refractivity contribution in [1.29, 1.82) is 0 Å². The first-order valence-electron chi connectivity index (χ1n) is 4.74. The minimum Gasteiger partial charge on any atom is -0.323 e. The maximum Gasteiger partial charge on any atom is 0.0920 e. The van der Waals surface area contributed by atoms with Crippen LogP contribution in [-0.2, 0) is 4.57 Å². The van der Waals surface area contributed by atoms with Crippen molar-refractivity contribution in [3.63, 3.8) is 0 Å². The zero-order chi connectivity index (χ0) is 11.4. The molecule has 3 unspecified atom stereocenters. The van der Waals surface area contributed by atoms with Crippen molar-refractivity contribution >= 4 is 41.9 Å². The van der Waals surface area contributed by atoms with Crippen molar-refractivity contribution in [3.8, 4) is 0 Å². The molecule has 86 valence electrons. The first-order chi connectivity index (χ1) is 6.25. The van der Waals surface area contributed by atoms with Gasteiger partial charge in [0, 0.05) is 34.6 Å². The third-order valence-electron chi connectivity index (χ3n) is 1.75. The van der Waals surface area contributed by atoms with E-state index in [4.69, 9.17) is 34.8 Å². The van der Waals surface area contributed by atoms with Gasteiger partial charge in [-0.25, -0.2) is 0 Å². The SMILES string of the molecule is CC(Cl)CP(=O)(CC(C)Cl)CC(C)Cl. The minimum atomic E-state index is -2.28. The predicted octanol–water partition coefficient (Wildman–Crippen LogP) is 4.23. The summed E-state index contributed by atoms with van der Waals surface area (Å²) in [6.07, 6.45) is 1.59. The smallest absolute Gasteiger partial charge is 0.0920 e. The zero-order valence-electron chi connectivity index (χ0n) is 8.84. The van der Waals surface area contributed by atoms with Gasteiger partial charge in [0.25, 0.3) is 0 Å². The topological polar surface area (TPSA) is 17.1 Å². The summed E-state index contributed by atoms with van der Waals surface area (Å²) >= 11 is 17.6. The van der Waals surface area contributed by atoms with E-state index in [0.717, 1.165) is 0 Å². The normalized spacial score (nSPS) is 22.4. The van der Waals surface area contributed by atoms with E-state index in [1.54, 1.807) is 0 Å². The largest absolute Gasteiger partial charge is 0.323 e. The summed E-state index contributed by atoms with van der Waals surface area (Å²) in [5.41, 5.74) is 0.